The molecule has 228 valence electrons. The van der Waals surface area contributed by atoms with Crippen LogP contribution in [-0.4, -0.2) is 42.8 Å². The number of hydrogen-bond donors (Lipinski definition) is 3. The van der Waals surface area contributed by atoms with Crippen molar-refractivity contribution in [3.63, 3.8) is 0 Å². The Kier molecular flexibility index (Phi) is 10.7. The molecule has 0 spiro atoms. The van der Waals surface area contributed by atoms with Crippen molar-refractivity contribution < 1.29 is 24.1 Å². The monoisotopic (exact) mass is 721 g/mol. The van der Waals surface area contributed by atoms with Gasteiger partial charge >= 0.3 is 0 Å². The van der Waals surface area contributed by atoms with Gasteiger partial charge in [0.1, 0.15) is 11.5 Å². The number of aliphatic hydroxyl groups is 1. The highest BCUT2D eigenvalue weighted by molar-refractivity contribution is 9.10. The molecule has 0 aliphatic carbocycles. The molecule has 10 heteroatoms. The second-order valence-corrected chi connectivity index (χ2v) is 12.0. The number of carbonyl (C=O) groups excluding carboxylic acids is 1. The van der Waals surface area contributed by atoms with Crippen LogP contribution in [0.3, 0.4) is 0 Å². The Morgan fingerprint density at radius 2 is 1.61 bits per heavy atom. The van der Waals surface area contributed by atoms with Gasteiger partial charge in [0, 0.05) is 46.1 Å². The third-order valence-corrected chi connectivity index (χ3v) is 8.51. The summed E-state index contributed by atoms with van der Waals surface area (Å²) in [5.74, 6) is 1.46. The Bertz CT molecular complexity index is 1580. The van der Waals surface area contributed by atoms with E-state index in [-0.39, 0.29) is 18.9 Å². The zero-order valence-corrected chi connectivity index (χ0v) is 27.3. The summed E-state index contributed by atoms with van der Waals surface area (Å²) in [5, 5.41) is 9.06. The van der Waals surface area contributed by atoms with Crippen LogP contribution in [0.25, 0.3) is 0 Å². The molecule has 1 heterocycles. The molecule has 0 unspecified atom stereocenters. The Hall–Kier alpha value is -3.70. The van der Waals surface area contributed by atoms with Crippen LogP contribution in [-0.2, 0) is 22.5 Å². The van der Waals surface area contributed by atoms with Crippen LogP contribution in [0.15, 0.2) is 111 Å². The summed E-state index contributed by atoms with van der Waals surface area (Å²) in [6.45, 7) is 0.882. The fourth-order valence-corrected chi connectivity index (χ4v) is 5.70. The van der Waals surface area contributed by atoms with Crippen molar-refractivity contribution in [2.45, 2.75) is 31.0 Å². The van der Waals surface area contributed by atoms with E-state index in [4.69, 9.17) is 24.3 Å². The van der Waals surface area contributed by atoms with Gasteiger partial charge in [0.05, 0.1) is 13.7 Å². The number of ether oxygens (including phenoxy) is 3. The fraction of sp³-hybridized carbons (Fsp3) is 0.235. The van der Waals surface area contributed by atoms with E-state index in [1.165, 1.54) is 0 Å². The van der Waals surface area contributed by atoms with Gasteiger partial charge in [0.2, 0.25) is 5.90 Å². The summed E-state index contributed by atoms with van der Waals surface area (Å²) < 4.78 is 19.3. The number of benzene rings is 4. The second-order valence-electron chi connectivity index (χ2n) is 10.3. The predicted octanol–water partition coefficient (Wildman–Crippen LogP) is 6.30. The van der Waals surface area contributed by atoms with Gasteiger partial charge in [-0.05, 0) is 65.7 Å². The molecule has 0 radical (unpaired) electrons. The average Bonchev–Trinajstić information content (AvgIpc) is 3.43. The molecule has 5 rings (SSSR count). The maximum absolute atomic E-state index is 14.4. The molecular weight excluding hydrogens is 690 g/mol. The number of aliphatic hydroxyl groups excluding tert-OH is 1. The minimum Gasteiger partial charge on any atom is -0.497 e. The lowest BCUT2D eigenvalue weighted by molar-refractivity contribution is -0.130. The number of amides is 1. The first-order valence-corrected chi connectivity index (χ1v) is 15.8. The molecule has 0 fully saturated rings. The predicted molar refractivity (Wildman–Crippen MR) is 177 cm³/mol. The van der Waals surface area contributed by atoms with E-state index in [0.717, 1.165) is 31.4 Å². The maximum atomic E-state index is 14.4. The Morgan fingerprint density at radius 3 is 2.30 bits per heavy atom. The molecule has 44 heavy (non-hydrogen) atoms. The number of aliphatic imine (C=N–C) groups is 1. The summed E-state index contributed by atoms with van der Waals surface area (Å²) in [5.41, 5.74) is 8.09. The molecule has 3 N–H and O–H groups in total. The van der Waals surface area contributed by atoms with Gasteiger partial charge in [-0.25, -0.2) is 10.4 Å². The van der Waals surface area contributed by atoms with Crippen molar-refractivity contribution in [1.82, 2.24) is 10.9 Å². The van der Waals surface area contributed by atoms with Gasteiger partial charge in [-0.1, -0.05) is 74.3 Å². The van der Waals surface area contributed by atoms with E-state index >= 15 is 0 Å². The molecule has 2 atom stereocenters. The van der Waals surface area contributed by atoms with E-state index in [1.807, 2.05) is 97.1 Å². The lowest BCUT2D eigenvalue weighted by atomic mass is 9.82. The zero-order valence-electron chi connectivity index (χ0n) is 24.1. The van der Waals surface area contributed by atoms with Crippen molar-refractivity contribution in [2.75, 3.05) is 20.3 Å². The van der Waals surface area contributed by atoms with E-state index in [1.54, 1.807) is 7.11 Å². The average molecular weight is 723 g/mol. The third kappa shape index (κ3) is 7.50. The number of hydrazine groups is 1. The van der Waals surface area contributed by atoms with E-state index < -0.39 is 11.6 Å². The van der Waals surface area contributed by atoms with Gasteiger partial charge in [-0.3, -0.25) is 10.2 Å². The van der Waals surface area contributed by atoms with Gasteiger partial charge in [-0.2, -0.15) is 0 Å². The first-order chi connectivity index (χ1) is 21.4. The van der Waals surface area contributed by atoms with Crippen molar-refractivity contribution in [2.24, 2.45) is 4.99 Å². The quantitative estimate of drug-likeness (QED) is 0.111. The zero-order chi connectivity index (χ0) is 30.9. The highest BCUT2D eigenvalue weighted by Crippen LogP contribution is 2.44. The van der Waals surface area contributed by atoms with Crippen molar-refractivity contribution in [3.8, 4) is 11.5 Å². The SMILES string of the molecule is COc1ccc(CNNC(=O)[C@@]2(Cc3ccc(Br)cc3)N=C(c3ccc(OCCCO)cc3)O[C@H]2c2ccccc2Br)cc1. The second kappa shape index (κ2) is 14.9. The first-order valence-electron chi connectivity index (χ1n) is 14.2. The van der Waals surface area contributed by atoms with Crippen LogP contribution in [0.2, 0.25) is 0 Å². The molecule has 0 bridgehead atoms. The summed E-state index contributed by atoms with van der Waals surface area (Å²) >= 11 is 7.20. The number of halogens is 2. The van der Waals surface area contributed by atoms with Crippen molar-refractivity contribution >= 4 is 43.7 Å². The topological polar surface area (TPSA) is 101 Å². The lowest BCUT2D eigenvalue weighted by Crippen LogP contribution is -2.53. The fourth-order valence-electron chi connectivity index (χ4n) is 4.94. The van der Waals surface area contributed by atoms with Crippen LogP contribution in [0, 0.1) is 0 Å². The van der Waals surface area contributed by atoms with Gasteiger partial charge in [0.15, 0.2) is 11.6 Å². The molecular formula is C34H33Br2N3O5. The summed E-state index contributed by atoms with van der Waals surface area (Å²) in [6.07, 6.45) is 0.0968. The molecule has 1 amide bonds. The number of nitrogens with zero attached hydrogens (tertiary/aromatic N) is 1. The maximum Gasteiger partial charge on any atom is 0.266 e. The smallest absolute Gasteiger partial charge is 0.266 e. The number of rotatable bonds is 13. The van der Waals surface area contributed by atoms with Crippen LogP contribution in [0.1, 0.15) is 34.8 Å². The first kappa shape index (κ1) is 31.7. The van der Waals surface area contributed by atoms with Crippen molar-refractivity contribution in [3.05, 3.63) is 128 Å². The van der Waals surface area contributed by atoms with Gasteiger partial charge in [-0.15, -0.1) is 0 Å². The largest absolute Gasteiger partial charge is 0.497 e. The standard InChI is InChI=1S/C34H33Br2N3O5/c1-42-27-15-9-24(10-16-27)22-37-39-33(41)34(21-23-7-13-26(35)14-8-23)31(29-5-2-3-6-30(29)36)44-32(38-34)25-11-17-28(18-12-25)43-20-4-19-40/h2-3,5-18,31,37,40H,4,19-22H2,1H3,(H,39,41)/t31-,34-/m0/s1. The molecule has 1 aliphatic heterocycles. The Balaban J connectivity index is 1.50. The van der Waals surface area contributed by atoms with E-state index in [9.17, 15) is 4.79 Å². The third-order valence-electron chi connectivity index (χ3n) is 7.26. The van der Waals surface area contributed by atoms with Gasteiger partial charge < -0.3 is 19.3 Å². The minimum atomic E-state index is -1.35. The number of methoxy groups -OCH3 is 1. The highest BCUT2D eigenvalue weighted by atomic mass is 79.9. The molecule has 4 aromatic rings. The molecule has 0 saturated carbocycles. The summed E-state index contributed by atoms with van der Waals surface area (Å²) in [4.78, 5) is 19.4. The van der Waals surface area contributed by atoms with Crippen LogP contribution in [0.5, 0.6) is 11.5 Å². The molecule has 0 saturated heterocycles. The van der Waals surface area contributed by atoms with Crippen molar-refractivity contribution in [1.29, 1.82) is 0 Å². The van der Waals surface area contributed by atoms with E-state index in [0.29, 0.717) is 36.8 Å². The number of nitrogens with one attached hydrogen (secondary N) is 2. The van der Waals surface area contributed by atoms with Gasteiger partial charge in [0.25, 0.3) is 5.91 Å². The summed E-state index contributed by atoms with van der Waals surface area (Å²) in [7, 11) is 1.62. The normalized spacial score (nSPS) is 17.5. The molecule has 0 aromatic heterocycles. The Labute approximate surface area is 273 Å². The molecule has 8 nitrogen and oxygen atoms in total. The van der Waals surface area contributed by atoms with Crippen LogP contribution >= 0.6 is 31.9 Å². The molecule has 1 aliphatic rings. The number of hydrogen-bond acceptors (Lipinski definition) is 7. The minimum absolute atomic E-state index is 0.0661. The van der Waals surface area contributed by atoms with Crippen LogP contribution in [0.4, 0.5) is 0 Å². The Morgan fingerprint density at radius 1 is 0.932 bits per heavy atom. The van der Waals surface area contributed by atoms with Crippen LogP contribution < -0.4 is 20.3 Å². The molecule has 4 aromatic carbocycles. The van der Waals surface area contributed by atoms with E-state index in [2.05, 4.69) is 42.7 Å². The highest BCUT2D eigenvalue weighted by Gasteiger charge is 2.54. The number of carbonyl (C=O) groups is 1. The summed E-state index contributed by atoms with van der Waals surface area (Å²) in [6, 6.07) is 30.6. The lowest BCUT2D eigenvalue weighted by Gasteiger charge is -2.31.